The average molecular weight is 175 g/mol. The summed E-state index contributed by atoms with van der Waals surface area (Å²) in [5.74, 6) is 0.876. The lowest BCUT2D eigenvalue weighted by molar-refractivity contribution is 0.550. The Morgan fingerprint density at radius 3 is 2.69 bits per heavy atom. The first-order chi connectivity index (χ1) is 6.33. The fourth-order valence-electron chi connectivity index (χ4n) is 0.874. The summed E-state index contributed by atoms with van der Waals surface area (Å²) < 4.78 is 5.21. The molecule has 13 heavy (non-hydrogen) atoms. The number of hydrogen-bond acceptors (Lipinski definition) is 2. The van der Waals surface area contributed by atoms with Crippen molar-refractivity contribution in [2.24, 2.45) is 0 Å². The van der Waals surface area contributed by atoms with Crippen molar-refractivity contribution >= 4 is 5.90 Å². The Balaban J connectivity index is 2.50. The highest BCUT2D eigenvalue weighted by Crippen LogP contribution is 2.08. The van der Waals surface area contributed by atoms with Crippen LogP contribution in [0.25, 0.3) is 0 Å². The van der Waals surface area contributed by atoms with Gasteiger partial charge in [0.2, 0.25) is 5.90 Å². The molecule has 0 radical (unpaired) electrons. The molecule has 2 nitrogen and oxygen atoms in total. The van der Waals surface area contributed by atoms with E-state index in [0.717, 1.165) is 6.42 Å². The first kappa shape index (κ1) is 9.52. The van der Waals surface area contributed by atoms with Crippen LogP contribution in [0.15, 0.2) is 42.5 Å². The van der Waals surface area contributed by atoms with Crippen LogP contribution in [0, 0.1) is 5.41 Å². The van der Waals surface area contributed by atoms with Crippen molar-refractivity contribution in [1.29, 1.82) is 5.41 Å². The summed E-state index contributed by atoms with van der Waals surface area (Å²) in [5.41, 5.74) is 0. The summed E-state index contributed by atoms with van der Waals surface area (Å²) in [6, 6.07) is 9.33. The minimum absolute atomic E-state index is 0.174. The molecule has 0 aromatic heterocycles. The third kappa shape index (κ3) is 3.56. The maximum Gasteiger partial charge on any atom is 0.211 e. The predicted molar refractivity (Wildman–Crippen MR) is 54.2 cm³/mol. The molecule has 0 aliphatic rings. The number of rotatable bonds is 3. The molecule has 0 heterocycles. The third-order valence-electron chi connectivity index (χ3n) is 1.48. The molecule has 0 aliphatic heterocycles. The normalized spacial score (nSPS) is 10.2. The van der Waals surface area contributed by atoms with Gasteiger partial charge in [0.05, 0.1) is 0 Å². The quantitative estimate of drug-likeness (QED) is 0.556. The topological polar surface area (TPSA) is 33.1 Å². The number of hydrogen-bond donors (Lipinski definition) is 1. The van der Waals surface area contributed by atoms with Crippen molar-refractivity contribution in [2.75, 3.05) is 0 Å². The van der Waals surface area contributed by atoms with Crippen molar-refractivity contribution in [3.8, 4) is 5.75 Å². The zero-order chi connectivity index (χ0) is 9.52. The Bertz CT molecular complexity index is 290. The number of allylic oxidation sites excluding steroid dienone is 1. The molecule has 0 bridgehead atoms. The summed E-state index contributed by atoms with van der Waals surface area (Å²) in [4.78, 5) is 0. The van der Waals surface area contributed by atoms with Crippen LogP contribution in [0.5, 0.6) is 5.75 Å². The van der Waals surface area contributed by atoms with Gasteiger partial charge in [0.1, 0.15) is 5.75 Å². The molecular weight excluding hydrogens is 162 g/mol. The standard InChI is InChI=1S/C11H13NO/c1-2-3-9-11(12)13-10-7-5-4-6-8-10/h3-9,12H,2H2,1H3/b9-3-,12-11?. The molecule has 0 aliphatic carbocycles. The monoisotopic (exact) mass is 175 g/mol. The van der Waals surface area contributed by atoms with Crippen LogP contribution in [-0.4, -0.2) is 5.90 Å². The van der Waals surface area contributed by atoms with E-state index in [1.165, 1.54) is 0 Å². The van der Waals surface area contributed by atoms with Crippen molar-refractivity contribution in [3.05, 3.63) is 42.5 Å². The molecule has 0 amide bonds. The predicted octanol–water partition coefficient (Wildman–Crippen LogP) is 3.01. The van der Waals surface area contributed by atoms with Crippen LogP contribution in [-0.2, 0) is 0 Å². The first-order valence-corrected chi connectivity index (χ1v) is 4.31. The first-order valence-electron chi connectivity index (χ1n) is 4.31. The molecule has 0 atom stereocenters. The second kappa shape index (κ2) is 5.14. The van der Waals surface area contributed by atoms with Crippen LogP contribution in [0.3, 0.4) is 0 Å². The maximum atomic E-state index is 7.42. The minimum Gasteiger partial charge on any atom is -0.440 e. The largest absolute Gasteiger partial charge is 0.440 e. The van der Waals surface area contributed by atoms with E-state index in [4.69, 9.17) is 10.1 Å². The van der Waals surface area contributed by atoms with E-state index in [1.807, 2.05) is 43.3 Å². The molecule has 1 N–H and O–H groups in total. The van der Waals surface area contributed by atoms with E-state index in [2.05, 4.69) is 0 Å². The van der Waals surface area contributed by atoms with E-state index in [0.29, 0.717) is 5.75 Å². The molecule has 0 saturated heterocycles. The van der Waals surface area contributed by atoms with Crippen LogP contribution < -0.4 is 4.74 Å². The Hall–Kier alpha value is -1.57. The molecule has 1 rings (SSSR count). The molecule has 0 spiro atoms. The Morgan fingerprint density at radius 1 is 1.38 bits per heavy atom. The highest BCUT2D eigenvalue weighted by molar-refractivity contribution is 5.86. The second-order valence-corrected chi connectivity index (χ2v) is 2.59. The molecule has 2 heteroatoms. The third-order valence-corrected chi connectivity index (χ3v) is 1.48. The molecule has 0 saturated carbocycles. The fourth-order valence-corrected chi connectivity index (χ4v) is 0.874. The molecule has 68 valence electrons. The number of ether oxygens (including phenoxy) is 1. The number of benzene rings is 1. The molecule has 1 aromatic carbocycles. The van der Waals surface area contributed by atoms with Gasteiger partial charge in [-0.25, -0.2) is 0 Å². The van der Waals surface area contributed by atoms with E-state index >= 15 is 0 Å². The van der Waals surface area contributed by atoms with Gasteiger partial charge in [-0.3, -0.25) is 5.41 Å². The van der Waals surface area contributed by atoms with Crippen LogP contribution in [0.1, 0.15) is 13.3 Å². The van der Waals surface area contributed by atoms with E-state index in [9.17, 15) is 0 Å². The van der Waals surface area contributed by atoms with E-state index < -0.39 is 0 Å². The van der Waals surface area contributed by atoms with Gasteiger partial charge < -0.3 is 4.74 Å². The Morgan fingerprint density at radius 2 is 2.08 bits per heavy atom. The lowest BCUT2D eigenvalue weighted by Gasteiger charge is -2.01. The van der Waals surface area contributed by atoms with Gasteiger partial charge in [0.25, 0.3) is 0 Å². The Kier molecular flexibility index (Phi) is 3.76. The van der Waals surface area contributed by atoms with Crippen LogP contribution in [0.2, 0.25) is 0 Å². The van der Waals surface area contributed by atoms with Gasteiger partial charge in [-0.2, -0.15) is 0 Å². The van der Waals surface area contributed by atoms with E-state index in [1.54, 1.807) is 6.08 Å². The highest BCUT2D eigenvalue weighted by atomic mass is 16.5. The summed E-state index contributed by atoms with van der Waals surface area (Å²) >= 11 is 0. The van der Waals surface area contributed by atoms with Crippen LogP contribution >= 0.6 is 0 Å². The van der Waals surface area contributed by atoms with Gasteiger partial charge in [-0.1, -0.05) is 31.2 Å². The minimum atomic E-state index is 0.174. The Labute approximate surface area is 78.4 Å². The van der Waals surface area contributed by atoms with Gasteiger partial charge in [-0.05, 0) is 24.6 Å². The second-order valence-electron chi connectivity index (χ2n) is 2.59. The fraction of sp³-hybridized carbons (Fsp3) is 0.182. The van der Waals surface area contributed by atoms with Crippen LogP contribution in [0.4, 0.5) is 0 Å². The molecule has 1 aromatic rings. The number of para-hydroxylation sites is 1. The lowest BCUT2D eigenvalue weighted by Crippen LogP contribution is -2.02. The SMILES string of the molecule is CC/C=C\C(=N)Oc1ccccc1. The van der Waals surface area contributed by atoms with Gasteiger partial charge in [-0.15, -0.1) is 0 Å². The van der Waals surface area contributed by atoms with Gasteiger partial charge in [0.15, 0.2) is 0 Å². The molecular formula is C11H13NO. The van der Waals surface area contributed by atoms with Crippen molar-refractivity contribution in [2.45, 2.75) is 13.3 Å². The molecule has 0 unspecified atom stereocenters. The highest BCUT2D eigenvalue weighted by Gasteiger charge is 1.93. The summed E-state index contributed by atoms with van der Waals surface area (Å²) in [5, 5.41) is 7.42. The number of nitrogens with one attached hydrogen (secondary N) is 1. The average Bonchev–Trinajstić information content (AvgIpc) is 2.16. The lowest BCUT2D eigenvalue weighted by atomic mass is 10.3. The summed E-state index contributed by atoms with van der Waals surface area (Å²) in [6.07, 6.45) is 4.47. The van der Waals surface area contributed by atoms with Gasteiger partial charge in [0, 0.05) is 0 Å². The van der Waals surface area contributed by atoms with Crippen molar-refractivity contribution in [1.82, 2.24) is 0 Å². The summed E-state index contributed by atoms with van der Waals surface area (Å²) in [7, 11) is 0. The zero-order valence-corrected chi connectivity index (χ0v) is 7.66. The molecule has 0 fully saturated rings. The van der Waals surface area contributed by atoms with Crippen molar-refractivity contribution < 1.29 is 4.74 Å². The summed E-state index contributed by atoms with van der Waals surface area (Å²) in [6.45, 7) is 2.02. The smallest absolute Gasteiger partial charge is 0.211 e. The van der Waals surface area contributed by atoms with E-state index in [-0.39, 0.29) is 5.90 Å². The van der Waals surface area contributed by atoms with Gasteiger partial charge >= 0.3 is 0 Å². The zero-order valence-electron chi connectivity index (χ0n) is 7.66. The maximum absolute atomic E-state index is 7.42. The van der Waals surface area contributed by atoms with Crippen molar-refractivity contribution in [3.63, 3.8) is 0 Å².